The highest BCUT2D eigenvalue weighted by atomic mass is 16.4. The third-order valence-corrected chi connectivity index (χ3v) is 4.34. The molecule has 1 aliphatic rings. The van der Waals surface area contributed by atoms with Crippen LogP contribution >= 0.6 is 0 Å². The molecule has 0 spiro atoms. The van der Waals surface area contributed by atoms with E-state index in [1.807, 2.05) is 6.07 Å². The number of amides is 2. The number of nitrogens with one attached hydrogen (secondary N) is 2. The van der Waals surface area contributed by atoms with Gasteiger partial charge in [-0.1, -0.05) is 30.3 Å². The molecule has 128 valence electrons. The Hall–Kier alpha value is -2.41. The van der Waals surface area contributed by atoms with Crippen LogP contribution in [0, 0.1) is 12.8 Å². The maximum atomic E-state index is 12.0. The number of aromatic nitrogens is 2. The number of rotatable bonds is 5. The summed E-state index contributed by atoms with van der Waals surface area (Å²) in [7, 11) is 2.12. The van der Waals surface area contributed by atoms with E-state index in [1.165, 1.54) is 5.56 Å². The van der Waals surface area contributed by atoms with Crippen LogP contribution in [0.2, 0.25) is 0 Å². The predicted octanol–water partition coefficient (Wildman–Crippen LogP) is 1.52. The summed E-state index contributed by atoms with van der Waals surface area (Å²) in [4.78, 5) is 14.3. The lowest BCUT2D eigenvalue weighted by atomic mass is 9.89. The summed E-state index contributed by atoms with van der Waals surface area (Å²) in [5, 5.41) is 13.3. The van der Waals surface area contributed by atoms with E-state index in [1.54, 1.807) is 6.92 Å². The molecular weight excluding hydrogens is 306 g/mol. The highest BCUT2D eigenvalue weighted by molar-refractivity contribution is 5.73. The van der Waals surface area contributed by atoms with Gasteiger partial charge < -0.3 is 20.0 Å². The Morgan fingerprint density at radius 3 is 2.75 bits per heavy atom. The van der Waals surface area contributed by atoms with Crippen LogP contribution in [0.15, 0.2) is 34.7 Å². The van der Waals surface area contributed by atoms with E-state index in [0.717, 1.165) is 13.1 Å². The molecule has 0 aliphatic carbocycles. The van der Waals surface area contributed by atoms with E-state index in [0.29, 0.717) is 30.2 Å². The van der Waals surface area contributed by atoms with Gasteiger partial charge >= 0.3 is 6.03 Å². The van der Waals surface area contributed by atoms with Crippen LogP contribution in [0.3, 0.4) is 0 Å². The Bertz CT molecular complexity index is 673. The van der Waals surface area contributed by atoms with E-state index >= 15 is 0 Å². The zero-order chi connectivity index (χ0) is 16.9. The average molecular weight is 329 g/mol. The number of aryl methyl sites for hydroxylation is 1. The monoisotopic (exact) mass is 329 g/mol. The molecule has 1 aliphatic heterocycles. The SMILES string of the molecule is Cc1nnc(CNC(=O)NC[C@@H]2CN(C)C[C@H]2c2ccccc2)o1. The van der Waals surface area contributed by atoms with Gasteiger partial charge in [0.2, 0.25) is 11.8 Å². The van der Waals surface area contributed by atoms with Crippen molar-refractivity contribution in [1.82, 2.24) is 25.7 Å². The molecule has 0 unspecified atom stereocenters. The fourth-order valence-electron chi connectivity index (χ4n) is 3.22. The Labute approximate surface area is 141 Å². The van der Waals surface area contributed by atoms with Crippen LogP contribution in [-0.4, -0.2) is 47.8 Å². The zero-order valence-corrected chi connectivity index (χ0v) is 14.0. The molecule has 1 aromatic heterocycles. The fraction of sp³-hybridized carbons (Fsp3) is 0.471. The van der Waals surface area contributed by atoms with Gasteiger partial charge in [0.1, 0.15) is 0 Å². The Morgan fingerprint density at radius 2 is 2.04 bits per heavy atom. The van der Waals surface area contributed by atoms with Crippen molar-refractivity contribution in [2.75, 3.05) is 26.7 Å². The second kappa shape index (κ2) is 7.44. The van der Waals surface area contributed by atoms with E-state index in [-0.39, 0.29) is 12.6 Å². The molecule has 1 saturated heterocycles. The first-order chi connectivity index (χ1) is 11.6. The van der Waals surface area contributed by atoms with Gasteiger partial charge in [-0.3, -0.25) is 0 Å². The molecule has 3 rings (SSSR count). The summed E-state index contributed by atoms with van der Waals surface area (Å²) in [5.74, 6) is 1.74. The van der Waals surface area contributed by atoms with Crippen LogP contribution in [0.25, 0.3) is 0 Å². The minimum atomic E-state index is -0.216. The molecule has 0 radical (unpaired) electrons. The van der Waals surface area contributed by atoms with Crippen molar-refractivity contribution in [2.45, 2.75) is 19.4 Å². The summed E-state index contributed by atoms with van der Waals surface area (Å²) in [5.41, 5.74) is 1.33. The molecule has 7 nitrogen and oxygen atoms in total. The van der Waals surface area contributed by atoms with Crippen molar-refractivity contribution in [2.24, 2.45) is 5.92 Å². The lowest BCUT2D eigenvalue weighted by molar-refractivity contribution is 0.236. The molecule has 7 heteroatoms. The predicted molar refractivity (Wildman–Crippen MR) is 89.4 cm³/mol. The van der Waals surface area contributed by atoms with Gasteiger partial charge in [0, 0.05) is 32.5 Å². The van der Waals surface area contributed by atoms with E-state index < -0.39 is 0 Å². The van der Waals surface area contributed by atoms with Gasteiger partial charge in [0.25, 0.3) is 0 Å². The number of hydrogen-bond acceptors (Lipinski definition) is 5. The van der Waals surface area contributed by atoms with E-state index in [9.17, 15) is 4.79 Å². The number of urea groups is 1. The standard InChI is InChI=1S/C17H23N5O2/c1-12-20-21-16(24-12)9-19-17(23)18-8-14-10-22(2)11-15(14)13-6-4-3-5-7-13/h3-7,14-15H,8-11H2,1-2H3,(H2,18,19,23)/t14-,15+/m1/s1. The molecule has 0 saturated carbocycles. The van der Waals surface area contributed by atoms with Crippen molar-refractivity contribution in [1.29, 1.82) is 0 Å². The maximum Gasteiger partial charge on any atom is 0.315 e. The number of hydrogen-bond donors (Lipinski definition) is 2. The minimum Gasteiger partial charge on any atom is -0.424 e. The van der Waals surface area contributed by atoms with Crippen LogP contribution in [-0.2, 0) is 6.54 Å². The molecule has 0 bridgehead atoms. The molecular formula is C17H23N5O2. The van der Waals surface area contributed by atoms with Gasteiger partial charge in [0.05, 0.1) is 6.54 Å². The Kier molecular flexibility index (Phi) is 5.10. The third kappa shape index (κ3) is 4.11. The number of likely N-dealkylation sites (N-methyl/N-ethyl adjacent to an activating group) is 1. The van der Waals surface area contributed by atoms with Gasteiger partial charge in [-0.25, -0.2) is 4.79 Å². The molecule has 2 N–H and O–H groups in total. The number of carbonyl (C=O) groups is 1. The summed E-state index contributed by atoms with van der Waals surface area (Å²) >= 11 is 0. The summed E-state index contributed by atoms with van der Waals surface area (Å²) < 4.78 is 5.23. The van der Waals surface area contributed by atoms with E-state index in [4.69, 9.17) is 4.42 Å². The normalized spacial score (nSPS) is 20.9. The number of benzene rings is 1. The average Bonchev–Trinajstić information content (AvgIpc) is 3.17. The zero-order valence-electron chi connectivity index (χ0n) is 14.0. The molecule has 2 heterocycles. The fourth-order valence-corrected chi connectivity index (χ4v) is 3.22. The lowest BCUT2D eigenvalue weighted by Crippen LogP contribution is -2.39. The highest BCUT2D eigenvalue weighted by Gasteiger charge is 2.31. The summed E-state index contributed by atoms with van der Waals surface area (Å²) in [6.07, 6.45) is 0. The molecule has 24 heavy (non-hydrogen) atoms. The first-order valence-corrected chi connectivity index (χ1v) is 8.16. The summed E-state index contributed by atoms with van der Waals surface area (Å²) in [6.45, 7) is 4.58. The van der Waals surface area contributed by atoms with Crippen molar-refractivity contribution < 1.29 is 9.21 Å². The Balaban J connectivity index is 1.50. The number of carbonyl (C=O) groups excluding carboxylic acids is 1. The molecule has 1 aromatic carbocycles. The smallest absolute Gasteiger partial charge is 0.315 e. The lowest BCUT2D eigenvalue weighted by Gasteiger charge is -2.19. The van der Waals surface area contributed by atoms with Gasteiger partial charge in [0.15, 0.2) is 0 Å². The first-order valence-electron chi connectivity index (χ1n) is 8.16. The van der Waals surface area contributed by atoms with Crippen molar-refractivity contribution in [3.8, 4) is 0 Å². The van der Waals surface area contributed by atoms with Gasteiger partial charge in [-0.05, 0) is 18.5 Å². The molecule has 1 fully saturated rings. The van der Waals surface area contributed by atoms with Crippen molar-refractivity contribution in [3.63, 3.8) is 0 Å². The van der Waals surface area contributed by atoms with Gasteiger partial charge in [-0.2, -0.15) is 0 Å². The van der Waals surface area contributed by atoms with Crippen LogP contribution in [0.1, 0.15) is 23.3 Å². The largest absolute Gasteiger partial charge is 0.424 e. The topological polar surface area (TPSA) is 83.3 Å². The first kappa shape index (κ1) is 16.4. The highest BCUT2D eigenvalue weighted by Crippen LogP contribution is 2.31. The molecule has 2 aromatic rings. The number of nitrogens with zero attached hydrogens (tertiary/aromatic N) is 3. The summed E-state index contributed by atoms with van der Waals surface area (Å²) in [6, 6.07) is 10.3. The molecule has 2 amide bonds. The van der Waals surface area contributed by atoms with Gasteiger partial charge in [-0.15, -0.1) is 10.2 Å². The molecule has 2 atom stereocenters. The second-order valence-corrected chi connectivity index (χ2v) is 6.28. The van der Waals surface area contributed by atoms with Crippen molar-refractivity contribution >= 4 is 6.03 Å². The minimum absolute atomic E-state index is 0.216. The van der Waals surface area contributed by atoms with Crippen LogP contribution in [0.5, 0.6) is 0 Å². The van der Waals surface area contributed by atoms with Crippen LogP contribution < -0.4 is 10.6 Å². The van der Waals surface area contributed by atoms with E-state index in [2.05, 4.69) is 57.0 Å². The number of likely N-dealkylation sites (tertiary alicyclic amines) is 1. The van der Waals surface area contributed by atoms with Crippen LogP contribution in [0.4, 0.5) is 4.79 Å². The van der Waals surface area contributed by atoms with Crippen molar-refractivity contribution in [3.05, 3.63) is 47.7 Å². The quantitative estimate of drug-likeness (QED) is 0.869. The second-order valence-electron chi connectivity index (χ2n) is 6.28. The third-order valence-electron chi connectivity index (χ3n) is 4.34. The maximum absolute atomic E-state index is 12.0. The Morgan fingerprint density at radius 1 is 1.25 bits per heavy atom.